The molecule has 0 N–H and O–H groups in total. The number of aromatic nitrogens is 1. The second kappa shape index (κ2) is 4.49. The molecule has 0 bridgehead atoms. The third kappa shape index (κ3) is 2.86. The highest BCUT2D eigenvalue weighted by molar-refractivity contribution is 6.41. The first-order chi connectivity index (χ1) is 7.46. The molecule has 2 heterocycles. The lowest BCUT2D eigenvalue weighted by Gasteiger charge is -2.17. The van der Waals surface area contributed by atoms with Crippen LogP contribution < -0.4 is 0 Å². The molecule has 0 amide bonds. The number of ether oxygens (including phenoxy) is 2. The van der Waals surface area contributed by atoms with E-state index in [1.165, 1.54) is 0 Å². The van der Waals surface area contributed by atoms with E-state index in [1.807, 2.05) is 19.9 Å². The van der Waals surface area contributed by atoms with Crippen molar-refractivity contribution < 1.29 is 9.47 Å². The molecule has 2 rings (SSSR count). The minimum atomic E-state index is -0.492. The Kier molecular flexibility index (Phi) is 3.40. The summed E-state index contributed by atoms with van der Waals surface area (Å²) >= 11 is 11.6. The SMILES string of the molecule is CC1(C)OC[C@@H](Cc2cnc(Cl)c(Cl)c2)O1. The Morgan fingerprint density at radius 3 is 2.81 bits per heavy atom. The summed E-state index contributed by atoms with van der Waals surface area (Å²) in [4.78, 5) is 3.99. The van der Waals surface area contributed by atoms with Crippen molar-refractivity contribution >= 4 is 23.2 Å². The zero-order valence-corrected chi connectivity index (χ0v) is 10.7. The van der Waals surface area contributed by atoms with Crippen molar-refractivity contribution in [3.8, 4) is 0 Å². The van der Waals surface area contributed by atoms with Crippen LogP contribution in [0.3, 0.4) is 0 Å². The molecule has 1 aliphatic rings. The van der Waals surface area contributed by atoms with Crippen LogP contribution in [0.5, 0.6) is 0 Å². The molecule has 1 atom stereocenters. The zero-order chi connectivity index (χ0) is 11.8. The Morgan fingerprint density at radius 1 is 1.50 bits per heavy atom. The van der Waals surface area contributed by atoms with Crippen molar-refractivity contribution in [2.24, 2.45) is 0 Å². The van der Waals surface area contributed by atoms with Crippen LogP contribution in [0.4, 0.5) is 0 Å². The van der Waals surface area contributed by atoms with Gasteiger partial charge in [0.1, 0.15) is 5.15 Å². The van der Waals surface area contributed by atoms with Gasteiger partial charge in [-0.1, -0.05) is 23.2 Å². The van der Waals surface area contributed by atoms with Gasteiger partial charge in [0.05, 0.1) is 17.7 Å². The van der Waals surface area contributed by atoms with Gasteiger partial charge in [-0.05, 0) is 25.5 Å². The summed E-state index contributed by atoms with van der Waals surface area (Å²) in [6.07, 6.45) is 2.49. The number of pyridine rings is 1. The van der Waals surface area contributed by atoms with Gasteiger partial charge in [0, 0.05) is 12.6 Å². The van der Waals surface area contributed by atoms with Crippen LogP contribution in [0.2, 0.25) is 10.2 Å². The first-order valence-electron chi connectivity index (χ1n) is 5.08. The van der Waals surface area contributed by atoms with E-state index in [-0.39, 0.29) is 6.10 Å². The minimum absolute atomic E-state index is 0.0500. The Labute approximate surface area is 105 Å². The predicted molar refractivity (Wildman–Crippen MR) is 62.9 cm³/mol. The molecule has 5 heteroatoms. The molecule has 3 nitrogen and oxygen atoms in total. The topological polar surface area (TPSA) is 31.4 Å². The van der Waals surface area contributed by atoms with Crippen LogP contribution in [-0.4, -0.2) is 23.5 Å². The fourth-order valence-electron chi connectivity index (χ4n) is 1.70. The summed E-state index contributed by atoms with van der Waals surface area (Å²) < 4.78 is 11.2. The van der Waals surface area contributed by atoms with E-state index in [4.69, 9.17) is 32.7 Å². The van der Waals surface area contributed by atoms with Crippen LogP contribution in [0.25, 0.3) is 0 Å². The molecule has 1 aliphatic heterocycles. The molecule has 0 radical (unpaired) electrons. The van der Waals surface area contributed by atoms with Gasteiger partial charge >= 0.3 is 0 Å². The summed E-state index contributed by atoms with van der Waals surface area (Å²) in [6.45, 7) is 4.40. The zero-order valence-electron chi connectivity index (χ0n) is 9.17. The number of halogens is 2. The maximum absolute atomic E-state index is 5.89. The lowest BCUT2D eigenvalue weighted by Crippen LogP contribution is -2.22. The molecule has 88 valence electrons. The first kappa shape index (κ1) is 12.1. The van der Waals surface area contributed by atoms with E-state index < -0.39 is 5.79 Å². The van der Waals surface area contributed by atoms with E-state index in [0.29, 0.717) is 16.8 Å². The van der Waals surface area contributed by atoms with Gasteiger partial charge in [0.2, 0.25) is 0 Å². The van der Waals surface area contributed by atoms with Crippen molar-refractivity contribution in [3.05, 3.63) is 28.0 Å². The minimum Gasteiger partial charge on any atom is -0.348 e. The van der Waals surface area contributed by atoms with Crippen molar-refractivity contribution in [2.45, 2.75) is 32.2 Å². The molecule has 1 fully saturated rings. The third-order valence-electron chi connectivity index (χ3n) is 2.38. The van der Waals surface area contributed by atoms with Gasteiger partial charge in [-0.2, -0.15) is 0 Å². The van der Waals surface area contributed by atoms with Crippen LogP contribution in [-0.2, 0) is 15.9 Å². The van der Waals surface area contributed by atoms with Gasteiger partial charge in [-0.25, -0.2) is 4.98 Å². The molecule has 0 spiro atoms. The highest BCUT2D eigenvalue weighted by atomic mass is 35.5. The molecule has 0 aromatic carbocycles. The number of hydrogen-bond donors (Lipinski definition) is 0. The second-order valence-corrected chi connectivity index (χ2v) is 5.04. The lowest BCUT2D eigenvalue weighted by atomic mass is 10.1. The molecular weight excluding hydrogens is 249 g/mol. The van der Waals surface area contributed by atoms with Gasteiger partial charge in [0.25, 0.3) is 0 Å². The Bertz CT molecular complexity index is 396. The van der Waals surface area contributed by atoms with Crippen molar-refractivity contribution in [1.29, 1.82) is 0 Å². The van der Waals surface area contributed by atoms with Gasteiger partial charge in [0.15, 0.2) is 5.79 Å². The first-order valence-corrected chi connectivity index (χ1v) is 5.83. The highest BCUT2D eigenvalue weighted by Gasteiger charge is 2.32. The fourth-order valence-corrected chi connectivity index (χ4v) is 1.99. The smallest absolute Gasteiger partial charge is 0.163 e. The quantitative estimate of drug-likeness (QED) is 0.767. The fraction of sp³-hybridized carbons (Fsp3) is 0.545. The molecule has 1 saturated heterocycles. The van der Waals surface area contributed by atoms with Crippen molar-refractivity contribution in [2.75, 3.05) is 6.61 Å². The summed E-state index contributed by atoms with van der Waals surface area (Å²) in [6, 6.07) is 1.81. The monoisotopic (exact) mass is 261 g/mol. The predicted octanol–water partition coefficient (Wildman–Crippen LogP) is 3.08. The lowest BCUT2D eigenvalue weighted by molar-refractivity contribution is -0.138. The standard InChI is InChI=1S/C11H13Cl2NO2/c1-11(2)15-6-8(16-11)3-7-4-9(12)10(13)14-5-7/h4-5,8H,3,6H2,1-2H3/t8-/m1/s1. The van der Waals surface area contributed by atoms with E-state index in [1.54, 1.807) is 6.20 Å². The molecule has 1 aromatic rings. The van der Waals surface area contributed by atoms with E-state index in [9.17, 15) is 0 Å². The Morgan fingerprint density at radius 2 is 2.25 bits per heavy atom. The van der Waals surface area contributed by atoms with Crippen molar-refractivity contribution in [1.82, 2.24) is 4.98 Å². The van der Waals surface area contributed by atoms with E-state index in [0.717, 1.165) is 12.0 Å². The summed E-state index contributed by atoms with van der Waals surface area (Å²) in [5, 5.41) is 0.798. The molecule has 1 aromatic heterocycles. The van der Waals surface area contributed by atoms with Gasteiger partial charge in [-0.3, -0.25) is 0 Å². The number of hydrogen-bond acceptors (Lipinski definition) is 3. The molecular formula is C11H13Cl2NO2. The summed E-state index contributed by atoms with van der Waals surface area (Å²) in [5.74, 6) is -0.492. The number of nitrogens with zero attached hydrogens (tertiary/aromatic N) is 1. The molecule has 0 aliphatic carbocycles. The Balaban J connectivity index is 2.02. The van der Waals surface area contributed by atoms with Gasteiger partial charge in [-0.15, -0.1) is 0 Å². The summed E-state index contributed by atoms with van der Waals surface area (Å²) in [7, 11) is 0. The Hall–Kier alpha value is -0.350. The highest BCUT2D eigenvalue weighted by Crippen LogP contribution is 2.26. The third-order valence-corrected chi connectivity index (χ3v) is 3.07. The van der Waals surface area contributed by atoms with Crippen molar-refractivity contribution in [3.63, 3.8) is 0 Å². The van der Waals surface area contributed by atoms with Crippen LogP contribution >= 0.6 is 23.2 Å². The maximum Gasteiger partial charge on any atom is 0.163 e. The molecule has 16 heavy (non-hydrogen) atoms. The normalized spacial score (nSPS) is 23.6. The molecule has 0 saturated carbocycles. The second-order valence-electron chi connectivity index (χ2n) is 4.27. The van der Waals surface area contributed by atoms with Gasteiger partial charge < -0.3 is 9.47 Å². The average molecular weight is 262 g/mol. The van der Waals surface area contributed by atoms with Crippen LogP contribution in [0.1, 0.15) is 19.4 Å². The van der Waals surface area contributed by atoms with E-state index in [2.05, 4.69) is 4.98 Å². The van der Waals surface area contributed by atoms with E-state index >= 15 is 0 Å². The van der Waals surface area contributed by atoms with Crippen LogP contribution in [0.15, 0.2) is 12.3 Å². The summed E-state index contributed by atoms with van der Waals surface area (Å²) in [5.41, 5.74) is 1.00. The average Bonchev–Trinajstić information content (AvgIpc) is 2.52. The largest absolute Gasteiger partial charge is 0.348 e. The number of rotatable bonds is 2. The molecule has 0 unspecified atom stereocenters. The maximum atomic E-state index is 5.89. The van der Waals surface area contributed by atoms with Crippen LogP contribution in [0, 0.1) is 0 Å².